The predicted octanol–water partition coefficient (Wildman–Crippen LogP) is 0.833. The molecule has 13 heavy (non-hydrogen) atoms. The maximum absolute atomic E-state index is 5.67. The molecule has 3 nitrogen and oxygen atoms in total. The van der Waals surface area contributed by atoms with Gasteiger partial charge in [-0.1, -0.05) is 0 Å². The molecule has 0 saturated carbocycles. The molecule has 1 rings (SSSR count). The van der Waals surface area contributed by atoms with Gasteiger partial charge in [0.05, 0.1) is 12.7 Å². The first-order chi connectivity index (χ1) is 6.15. The van der Waals surface area contributed by atoms with Crippen LogP contribution in [0.5, 0.6) is 0 Å². The summed E-state index contributed by atoms with van der Waals surface area (Å²) in [5, 5.41) is 0. The van der Waals surface area contributed by atoms with Crippen molar-refractivity contribution in [3.05, 3.63) is 0 Å². The second kappa shape index (κ2) is 4.94. The zero-order valence-electron chi connectivity index (χ0n) is 8.99. The fraction of sp³-hybridized carbons (Fsp3) is 1.00. The molecule has 0 bridgehead atoms. The van der Waals surface area contributed by atoms with E-state index in [1.165, 1.54) is 0 Å². The molecule has 0 aromatic rings. The van der Waals surface area contributed by atoms with Crippen molar-refractivity contribution in [1.82, 2.24) is 4.90 Å². The summed E-state index contributed by atoms with van der Waals surface area (Å²) in [6.07, 6.45) is 2.70. The Bertz CT molecular complexity index is 140. The van der Waals surface area contributed by atoms with Gasteiger partial charge >= 0.3 is 0 Å². The van der Waals surface area contributed by atoms with Crippen LogP contribution in [0.3, 0.4) is 0 Å². The Hall–Kier alpha value is -0.120. The summed E-state index contributed by atoms with van der Waals surface area (Å²) in [6.45, 7) is 5.85. The van der Waals surface area contributed by atoms with Crippen LogP contribution in [0.1, 0.15) is 26.7 Å². The van der Waals surface area contributed by atoms with E-state index in [0.29, 0.717) is 31.3 Å². The molecular formula is C10H22N2O. The minimum atomic E-state index is 0.421. The van der Waals surface area contributed by atoms with Gasteiger partial charge in [0.25, 0.3) is 0 Å². The van der Waals surface area contributed by atoms with E-state index in [2.05, 4.69) is 25.8 Å². The molecule has 0 aromatic carbocycles. The zero-order chi connectivity index (χ0) is 9.84. The Balaban J connectivity index is 2.35. The molecule has 1 fully saturated rings. The fourth-order valence-corrected chi connectivity index (χ4v) is 1.99. The molecule has 0 aromatic heterocycles. The number of nitrogens with zero attached hydrogens (tertiary/aromatic N) is 1. The van der Waals surface area contributed by atoms with Gasteiger partial charge in [-0.2, -0.15) is 0 Å². The summed E-state index contributed by atoms with van der Waals surface area (Å²) >= 11 is 0. The summed E-state index contributed by atoms with van der Waals surface area (Å²) in [5.41, 5.74) is 5.41. The fourth-order valence-electron chi connectivity index (χ4n) is 1.99. The predicted molar refractivity (Wildman–Crippen MR) is 54.7 cm³/mol. The number of nitrogens with two attached hydrogens (primary N) is 1. The first-order valence-corrected chi connectivity index (χ1v) is 5.18. The first-order valence-electron chi connectivity index (χ1n) is 5.18. The number of hydrogen-bond acceptors (Lipinski definition) is 3. The van der Waals surface area contributed by atoms with Crippen molar-refractivity contribution in [2.75, 3.05) is 20.2 Å². The summed E-state index contributed by atoms with van der Waals surface area (Å²) in [5.74, 6) is 0. The Morgan fingerprint density at radius 1 is 1.31 bits per heavy atom. The van der Waals surface area contributed by atoms with Gasteiger partial charge in [0.2, 0.25) is 0 Å². The molecule has 1 aliphatic rings. The molecule has 0 amide bonds. The van der Waals surface area contributed by atoms with Gasteiger partial charge < -0.3 is 15.4 Å². The van der Waals surface area contributed by atoms with Crippen LogP contribution in [0.25, 0.3) is 0 Å². The van der Waals surface area contributed by atoms with Gasteiger partial charge in [-0.3, -0.25) is 0 Å². The van der Waals surface area contributed by atoms with Gasteiger partial charge in [-0.15, -0.1) is 0 Å². The van der Waals surface area contributed by atoms with Crippen LogP contribution in [0.2, 0.25) is 0 Å². The zero-order valence-corrected chi connectivity index (χ0v) is 8.99. The lowest BCUT2D eigenvalue weighted by Crippen LogP contribution is -2.46. The maximum atomic E-state index is 5.67. The molecule has 1 unspecified atom stereocenters. The summed E-state index contributed by atoms with van der Waals surface area (Å²) < 4.78 is 5.67. The van der Waals surface area contributed by atoms with Gasteiger partial charge in [-0.25, -0.2) is 0 Å². The molecular weight excluding hydrogens is 164 g/mol. The van der Waals surface area contributed by atoms with Crippen molar-refractivity contribution in [3.63, 3.8) is 0 Å². The largest absolute Gasteiger partial charge is 0.377 e. The smallest absolute Gasteiger partial charge is 0.0605 e. The lowest BCUT2D eigenvalue weighted by molar-refractivity contribution is -0.0219. The number of hydrogen-bond donors (Lipinski definition) is 1. The highest BCUT2D eigenvalue weighted by Gasteiger charge is 2.28. The molecule has 1 saturated heterocycles. The quantitative estimate of drug-likeness (QED) is 0.709. The van der Waals surface area contributed by atoms with Crippen LogP contribution < -0.4 is 5.73 Å². The van der Waals surface area contributed by atoms with Crippen LogP contribution in [0.4, 0.5) is 0 Å². The average Bonchev–Trinajstić information content (AvgIpc) is 2.10. The van der Waals surface area contributed by atoms with E-state index in [1.54, 1.807) is 0 Å². The van der Waals surface area contributed by atoms with Crippen LogP contribution in [-0.2, 0) is 4.74 Å². The Morgan fingerprint density at radius 3 is 2.31 bits per heavy atom. The van der Waals surface area contributed by atoms with Gasteiger partial charge in [0.1, 0.15) is 0 Å². The van der Waals surface area contributed by atoms with E-state index in [-0.39, 0.29) is 0 Å². The topological polar surface area (TPSA) is 38.5 Å². The Morgan fingerprint density at radius 2 is 1.85 bits per heavy atom. The van der Waals surface area contributed by atoms with Crippen LogP contribution in [-0.4, -0.2) is 43.3 Å². The van der Waals surface area contributed by atoms with E-state index in [4.69, 9.17) is 10.5 Å². The van der Waals surface area contributed by atoms with E-state index in [0.717, 1.165) is 12.8 Å². The minimum Gasteiger partial charge on any atom is -0.377 e. The minimum absolute atomic E-state index is 0.421. The summed E-state index contributed by atoms with van der Waals surface area (Å²) in [7, 11) is 2.19. The third-order valence-electron chi connectivity index (χ3n) is 3.07. The van der Waals surface area contributed by atoms with Crippen LogP contribution >= 0.6 is 0 Å². The van der Waals surface area contributed by atoms with Gasteiger partial charge in [-0.05, 0) is 33.7 Å². The van der Waals surface area contributed by atoms with Crippen molar-refractivity contribution in [3.8, 4) is 0 Å². The molecule has 0 radical (unpaired) electrons. The van der Waals surface area contributed by atoms with Crippen LogP contribution in [0.15, 0.2) is 0 Å². The van der Waals surface area contributed by atoms with E-state index in [1.807, 2.05) is 0 Å². The molecule has 1 aliphatic heterocycles. The molecule has 0 aliphatic carbocycles. The molecule has 3 heteroatoms. The third-order valence-corrected chi connectivity index (χ3v) is 3.07. The van der Waals surface area contributed by atoms with Crippen molar-refractivity contribution < 1.29 is 4.74 Å². The second-order valence-electron chi connectivity index (χ2n) is 4.12. The normalized spacial score (nSPS) is 36.5. The van der Waals surface area contributed by atoms with Crippen molar-refractivity contribution in [2.24, 2.45) is 5.73 Å². The highest BCUT2D eigenvalue weighted by molar-refractivity contribution is 4.82. The molecule has 0 spiro atoms. The summed E-state index contributed by atoms with van der Waals surface area (Å²) in [6, 6.07) is 1.26. The Kier molecular flexibility index (Phi) is 4.16. The third kappa shape index (κ3) is 2.93. The number of likely N-dealkylation sites (tertiary alicyclic amines) is 1. The highest BCUT2D eigenvalue weighted by atomic mass is 16.5. The lowest BCUT2D eigenvalue weighted by atomic mass is 9.95. The van der Waals surface area contributed by atoms with E-state index < -0.39 is 0 Å². The second-order valence-corrected chi connectivity index (χ2v) is 4.12. The lowest BCUT2D eigenvalue weighted by Gasteiger charge is -2.40. The molecule has 78 valence electrons. The SMILES string of the molecule is C[C@@H]1CC(OCCN)C[C@H](C)N1C. The maximum Gasteiger partial charge on any atom is 0.0605 e. The molecule has 2 N–H and O–H groups in total. The van der Waals surface area contributed by atoms with Gasteiger partial charge in [0.15, 0.2) is 0 Å². The van der Waals surface area contributed by atoms with Crippen molar-refractivity contribution >= 4 is 0 Å². The molecule has 1 heterocycles. The van der Waals surface area contributed by atoms with Gasteiger partial charge in [0, 0.05) is 18.6 Å². The highest BCUT2D eigenvalue weighted by Crippen LogP contribution is 2.23. The summed E-state index contributed by atoms with van der Waals surface area (Å²) in [4.78, 5) is 2.42. The van der Waals surface area contributed by atoms with E-state index >= 15 is 0 Å². The monoisotopic (exact) mass is 186 g/mol. The van der Waals surface area contributed by atoms with E-state index in [9.17, 15) is 0 Å². The van der Waals surface area contributed by atoms with Crippen molar-refractivity contribution in [2.45, 2.75) is 44.9 Å². The standard InChI is InChI=1S/C10H22N2O/c1-8-6-10(13-5-4-11)7-9(2)12(8)3/h8-10H,4-7,11H2,1-3H3/t8-,9+,10?. The molecule has 3 atom stereocenters. The first kappa shape index (κ1) is 11.0. The Labute approximate surface area is 81.2 Å². The average molecular weight is 186 g/mol. The number of piperidine rings is 1. The van der Waals surface area contributed by atoms with Crippen molar-refractivity contribution in [1.29, 1.82) is 0 Å². The number of ether oxygens (including phenoxy) is 1. The number of rotatable bonds is 3. The van der Waals surface area contributed by atoms with Crippen LogP contribution in [0, 0.1) is 0 Å².